The normalized spacial score (nSPS) is 15.6. The zero-order valence-corrected chi connectivity index (χ0v) is 13.3. The third-order valence-electron chi connectivity index (χ3n) is 4.56. The molecular weight excluding hydrogens is 290 g/mol. The number of anilines is 1. The van der Waals surface area contributed by atoms with Crippen molar-refractivity contribution in [1.29, 1.82) is 5.26 Å². The van der Waals surface area contributed by atoms with Gasteiger partial charge in [0.2, 0.25) is 0 Å². The first-order valence-corrected chi connectivity index (χ1v) is 7.79. The molecule has 1 aliphatic rings. The summed E-state index contributed by atoms with van der Waals surface area (Å²) in [4.78, 5) is 17.7. The zero-order valence-electron chi connectivity index (χ0n) is 13.3. The average molecular weight is 309 g/mol. The molecule has 3 rings (SSSR count). The van der Waals surface area contributed by atoms with E-state index >= 15 is 0 Å². The van der Waals surface area contributed by atoms with Crippen LogP contribution in [0.25, 0.3) is 10.9 Å². The summed E-state index contributed by atoms with van der Waals surface area (Å²) in [6.07, 6.45) is 2.84. The molecule has 5 heteroatoms. The fraction of sp³-hybridized carbons (Fsp3) is 0.389. The third kappa shape index (κ3) is 2.72. The maximum atomic E-state index is 11.1. The highest BCUT2D eigenvalue weighted by atomic mass is 16.4. The summed E-state index contributed by atoms with van der Waals surface area (Å²) in [5.41, 5.74) is 4.58. The number of carboxylic acid groups (broad SMARTS) is 1. The van der Waals surface area contributed by atoms with Crippen LogP contribution in [0, 0.1) is 31.1 Å². The number of aromatic nitrogens is 1. The summed E-state index contributed by atoms with van der Waals surface area (Å²) in [5, 5.41) is 19.6. The number of carbonyl (C=O) groups is 1. The number of piperidine rings is 1. The molecule has 0 aliphatic carbocycles. The molecule has 0 spiro atoms. The molecule has 2 aromatic rings. The summed E-state index contributed by atoms with van der Waals surface area (Å²) in [5.74, 6) is -1.01. The number of aryl methyl sites for hydroxylation is 2. The lowest BCUT2D eigenvalue weighted by atomic mass is 9.95. The molecule has 2 heterocycles. The molecule has 1 aromatic carbocycles. The summed E-state index contributed by atoms with van der Waals surface area (Å²) >= 11 is 0. The van der Waals surface area contributed by atoms with Crippen LogP contribution in [0.15, 0.2) is 18.3 Å². The second kappa shape index (κ2) is 5.88. The second-order valence-corrected chi connectivity index (χ2v) is 6.21. The van der Waals surface area contributed by atoms with Gasteiger partial charge >= 0.3 is 5.97 Å². The third-order valence-corrected chi connectivity index (χ3v) is 4.56. The van der Waals surface area contributed by atoms with Gasteiger partial charge in [-0.1, -0.05) is 11.6 Å². The van der Waals surface area contributed by atoms with Crippen molar-refractivity contribution in [3.8, 4) is 6.07 Å². The molecule has 0 bridgehead atoms. The SMILES string of the molecule is Cc1cc(C)c2ncc(C#N)c(N3CCC(C(=O)O)CC3)c2c1. The highest BCUT2D eigenvalue weighted by Crippen LogP contribution is 2.34. The van der Waals surface area contributed by atoms with Crippen LogP contribution in [0.5, 0.6) is 0 Å². The molecule has 0 radical (unpaired) electrons. The van der Waals surface area contributed by atoms with Gasteiger partial charge in [-0.2, -0.15) is 5.26 Å². The molecule has 0 atom stereocenters. The maximum Gasteiger partial charge on any atom is 0.306 e. The smallest absolute Gasteiger partial charge is 0.306 e. The summed E-state index contributed by atoms with van der Waals surface area (Å²) < 4.78 is 0. The number of nitriles is 1. The summed E-state index contributed by atoms with van der Waals surface area (Å²) in [6.45, 7) is 5.36. The van der Waals surface area contributed by atoms with Crippen molar-refractivity contribution in [1.82, 2.24) is 4.98 Å². The lowest BCUT2D eigenvalue weighted by Crippen LogP contribution is -2.36. The minimum atomic E-state index is -0.726. The van der Waals surface area contributed by atoms with Gasteiger partial charge in [0, 0.05) is 24.7 Å². The second-order valence-electron chi connectivity index (χ2n) is 6.21. The molecule has 5 nitrogen and oxygen atoms in total. The number of rotatable bonds is 2. The lowest BCUT2D eigenvalue weighted by Gasteiger charge is -2.33. The van der Waals surface area contributed by atoms with E-state index in [2.05, 4.69) is 28.1 Å². The number of aliphatic carboxylic acids is 1. The van der Waals surface area contributed by atoms with Crippen molar-refractivity contribution in [3.05, 3.63) is 35.0 Å². The molecule has 23 heavy (non-hydrogen) atoms. The van der Waals surface area contributed by atoms with Gasteiger partial charge in [-0.05, 0) is 38.3 Å². The Bertz CT molecular complexity index is 815. The van der Waals surface area contributed by atoms with Gasteiger partial charge in [-0.3, -0.25) is 9.78 Å². The van der Waals surface area contributed by atoms with E-state index in [1.54, 1.807) is 6.20 Å². The van der Waals surface area contributed by atoms with Gasteiger partial charge in [0.1, 0.15) is 6.07 Å². The molecule has 118 valence electrons. The highest BCUT2D eigenvalue weighted by molar-refractivity contribution is 5.96. The van der Waals surface area contributed by atoms with E-state index in [9.17, 15) is 10.1 Å². The summed E-state index contributed by atoms with van der Waals surface area (Å²) in [7, 11) is 0. The van der Waals surface area contributed by atoms with Gasteiger partial charge in [-0.15, -0.1) is 0 Å². The fourth-order valence-corrected chi connectivity index (χ4v) is 3.42. The minimum Gasteiger partial charge on any atom is -0.481 e. The largest absolute Gasteiger partial charge is 0.481 e. The van der Waals surface area contributed by atoms with Crippen LogP contribution < -0.4 is 4.90 Å². The number of nitrogens with zero attached hydrogens (tertiary/aromatic N) is 3. The van der Waals surface area contributed by atoms with Crippen LogP contribution in [0.2, 0.25) is 0 Å². The Morgan fingerprint density at radius 1 is 1.35 bits per heavy atom. The number of fused-ring (bicyclic) bond motifs is 1. The van der Waals surface area contributed by atoms with Crippen molar-refractivity contribution in [2.75, 3.05) is 18.0 Å². The van der Waals surface area contributed by atoms with E-state index in [0.717, 1.165) is 27.7 Å². The number of carboxylic acids is 1. The predicted molar refractivity (Wildman–Crippen MR) is 88.5 cm³/mol. The fourth-order valence-electron chi connectivity index (χ4n) is 3.42. The topological polar surface area (TPSA) is 77.2 Å². The Balaban J connectivity index is 2.09. The maximum absolute atomic E-state index is 11.1. The van der Waals surface area contributed by atoms with E-state index in [-0.39, 0.29) is 5.92 Å². The molecule has 1 N–H and O–H groups in total. The first-order valence-electron chi connectivity index (χ1n) is 7.79. The first-order chi connectivity index (χ1) is 11.0. The predicted octanol–water partition coefficient (Wildman–Crippen LogP) is 3.02. The van der Waals surface area contributed by atoms with Crippen molar-refractivity contribution in [3.63, 3.8) is 0 Å². The van der Waals surface area contributed by atoms with Crippen LogP contribution in [-0.2, 0) is 4.79 Å². The molecule has 1 saturated heterocycles. The van der Waals surface area contributed by atoms with Crippen LogP contribution in [0.4, 0.5) is 5.69 Å². The number of pyridine rings is 1. The van der Waals surface area contributed by atoms with E-state index in [1.165, 1.54) is 0 Å². The van der Waals surface area contributed by atoms with Gasteiger partial charge in [0.05, 0.1) is 22.7 Å². The summed E-state index contributed by atoms with van der Waals surface area (Å²) in [6, 6.07) is 6.39. The van der Waals surface area contributed by atoms with E-state index in [4.69, 9.17) is 5.11 Å². The Labute approximate surface area is 135 Å². The van der Waals surface area contributed by atoms with Crippen molar-refractivity contribution in [2.45, 2.75) is 26.7 Å². The minimum absolute atomic E-state index is 0.284. The molecule has 1 fully saturated rings. The molecule has 0 unspecified atom stereocenters. The monoisotopic (exact) mass is 309 g/mol. The molecule has 1 aliphatic heterocycles. The van der Waals surface area contributed by atoms with Gasteiger partial charge < -0.3 is 10.0 Å². The Morgan fingerprint density at radius 3 is 2.65 bits per heavy atom. The lowest BCUT2D eigenvalue weighted by molar-refractivity contribution is -0.142. The van der Waals surface area contributed by atoms with Gasteiger partial charge in [0.15, 0.2) is 0 Å². The van der Waals surface area contributed by atoms with Crippen LogP contribution >= 0.6 is 0 Å². The average Bonchev–Trinajstić information content (AvgIpc) is 2.53. The van der Waals surface area contributed by atoms with E-state index < -0.39 is 5.97 Å². The molecule has 0 saturated carbocycles. The van der Waals surface area contributed by atoms with Crippen molar-refractivity contribution >= 4 is 22.6 Å². The van der Waals surface area contributed by atoms with Crippen LogP contribution in [0.1, 0.15) is 29.5 Å². The Morgan fingerprint density at radius 2 is 2.04 bits per heavy atom. The zero-order chi connectivity index (χ0) is 16.6. The van der Waals surface area contributed by atoms with Crippen molar-refractivity contribution in [2.24, 2.45) is 5.92 Å². The standard InChI is InChI=1S/C18H19N3O2/c1-11-7-12(2)16-15(8-11)17(14(9-19)10-20-16)21-5-3-13(4-6-21)18(22)23/h7-8,10,13H,3-6H2,1-2H3,(H,22,23). The highest BCUT2D eigenvalue weighted by Gasteiger charge is 2.27. The number of benzene rings is 1. The molecule has 0 amide bonds. The van der Waals surface area contributed by atoms with Crippen LogP contribution in [0.3, 0.4) is 0 Å². The van der Waals surface area contributed by atoms with Gasteiger partial charge in [0.25, 0.3) is 0 Å². The van der Waals surface area contributed by atoms with E-state index in [0.29, 0.717) is 31.5 Å². The quantitative estimate of drug-likeness (QED) is 0.922. The van der Waals surface area contributed by atoms with Crippen LogP contribution in [-0.4, -0.2) is 29.1 Å². The first kappa shape index (κ1) is 15.3. The Hall–Kier alpha value is -2.61. The molecular formula is C18H19N3O2. The number of hydrogen-bond acceptors (Lipinski definition) is 4. The van der Waals surface area contributed by atoms with Gasteiger partial charge in [-0.25, -0.2) is 0 Å². The van der Waals surface area contributed by atoms with E-state index in [1.807, 2.05) is 13.8 Å². The van der Waals surface area contributed by atoms with Crippen molar-refractivity contribution < 1.29 is 9.90 Å². The molecule has 1 aromatic heterocycles. The number of hydrogen-bond donors (Lipinski definition) is 1. The Kier molecular flexibility index (Phi) is 3.91.